The van der Waals surface area contributed by atoms with E-state index in [0.29, 0.717) is 19.3 Å². The molecule has 13 nitrogen and oxygen atoms in total. The number of allylic oxidation sites excluding steroid dienone is 6. The van der Waals surface area contributed by atoms with Gasteiger partial charge in [-0.05, 0) is 64.2 Å². The normalized spacial score (nSPS) is 21.7. The zero-order chi connectivity index (χ0) is 47.8. The zero-order valence-corrected chi connectivity index (χ0v) is 41.4. The molecule has 0 spiro atoms. The van der Waals surface area contributed by atoms with Crippen LogP contribution in [0, 0.1) is 0 Å². The molecule has 0 amide bonds. The molecule has 0 aliphatic heterocycles. The Morgan fingerprint density at radius 2 is 0.846 bits per heavy atom. The molecule has 1 rings (SSSR count). The van der Waals surface area contributed by atoms with E-state index in [1.165, 1.54) is 135 Å². The fourth-order valence-electron chi connectivity index (χ4n) is 7.79. The molecule has 1 saturated carbocycles. The minimum Gasteiger partial charge on any atom is -0.462 e. The summed E-state index contributed by atoms with van der Waals surface area (Å²) in [5.74, 6) is -1.15. The van der Waals surface area contributed by atoms with Crippen molar-refractivity contribution in [1.82, 2.24) is 0 Å². The largest absolute Gasteiger partial charge is 0.472 e. The zero-order valence-electron chi connectivity index (χ0n) is 40.5. The Hall–Kier alpha value is -1.93. The summed E-state index contributed by atoms with van der Waals surface area (Å²) in [7, 11) is -5.13. The van der Waals surface area contributed by atoms with Crippen molar-refractivity contribution in [3.63, 3.8) is 0 Å². The summed E-state index contributed by atoms with van der Waals surface area (Å²) in [6, 6.07) is 0. The summed E-state index contributed by atoms with van der Waals surface area (Å²) in [6.07, 6.45) is 34.9. The van der Waals surface area contributed by atoms with E-state index in [-0.39, 0.29) is 12.8 Å². The van der Waals surface area contributed by atoms with Crippen LogP contribution in [0.1, 0.15) is 219 Å². The quantitative estimate of drug-likeness (QED) is 0.0146. The van der Waals surface area contributed by atoms with E-state index in [1.54, 1.807) is 0 Å². The molecule has 6 unspecified atom stereocenters. The molecule has 0 radical (unpaired) electrons. The highest BCUT2D eigenvalue weighted by molar-refractivity contribution is 7.47. The Kier molecular flexibility index (Phi) is 38.6. The number of ether oxygens (including phenoxy) is 2. The number of rotatable bonds is 43. The second kappa shape index (κ2) is 41.1. The molecule has 14 heteroatoms. The van der Waals surface area contributed by atoms with Gasteiger partial charge in [0.05, 0.1) is 6.61 Å². The Morgan fingerprint density at radius 3 is 1.31 bits per heavy atom. The molecule has 0 aromatic rings. The molecule has 1 aliphatic rings. The Balaban J connectivity index is 2.42. The number of aliphatic hydroxyl groups is 5. The number of unbranched alkanes of at least 4 members (excludes halogenated alkanes) is 25. The van der Waals surface area contributed by atoms with E-state index in [1.807, 2.05) is 12.2 Å². The number of phosphoric acid groups is 1. The maximum Gasteiger partial charge on any atom is 0.472 e. The fraction of sp³-hybridized carbons (Fsp3) is 0.843. The standard InChI is InChI=1S/C51H93O13P/c1-3-5-7-9-11-13-15-17-19-21-22-24-25-27-29-31-33-35-37-39-44(52)61-41-43(42-62-65(59,60)64-51-49(57)47(55)46(54)48(56)50(51)58)63-45(53)40-38-36-34-32-30-28-26-23-20-18-16-14-12-10-8-6-4-2/h17,19,26,28,32,34,43,46-51,54-58H,3-16,18,20-25,27,29-31,33,35-42H2,1-2H3,(H,59,60)/b19-17+,28-26+,34-32+/t43-,46?,47-,48?,49?,50?,51?/m0/s1. The van der Waals surface area contributed by atoms with E-state index in [4.69, 9.17) is 18.5 Å². The van der Waals surface area contributed by atoms with Crippen LogP contribution in [0.4, 0.5) is 0 Å². The highest BCUT2D eigenvalue weighted by Crippen LogP contribution is 2.47. The number of carbonyl (C=O) groups is 2. The second-order valence-corrected chi connectivity index (χ2v) is 19.4. The summed E-state index contributed by atoms with van der Waals surface area (Å²) >= 11 is 0. The highest BCUT2D eigenvalue weighted by atomic mass is 31.2. The molecule has 1 fully saturated rings. The van der Waals surface area contributed by atoms with Gasteiger partial charge >= 0.3 is 19.8 Å². The van der Waals surface area contributed by atoms with Gasteiger partial charge in [0, 0.05) is 12.8 Å². The summed E-state index contributed by atoms with van der Waals surface area (Å²) < 4.78 is 33.6. The van der Waals surface area contributed by atoms with Crippen molar-refractivity contribution >= 4 is 19.8 Å². The molecule has 0 bridgehead atoms. The Labute approximate surface area is 393 Å². The third-order valence-corrected chi connectivity index (χ3v) is 12.9. The fourth-order valence-corrected chi connectivity index (χ4v) is 8.77. The number of phosphoric ester groups is 1. The van der Waals surface area contributed by atoms with Crippen LogP contribution in [0.2, 0.25) is 0 Å². The van der Waals surface area contributed by atoms with Crippen molar-refractivity contribution in [1.29, 1.82) is 0 Å². The van der Waals surface area contributed by atoms with Crippen LogP contribution in [-0.4, -0.2) is 98.3 Å². The molecule has 0 saturated heterocycles. The molecule has 8 atom stereocenters. The third-order valence-electron chi connectivity index (χ3n) is 12.0. The van der Waals surface area contributed by atoms with Gasteiger partial charge in [-0.2, -0.15) is 0 Å². The third kappa shape index (κ3) is 33.3. The van der Waals surface area contributed by atoms with Crippen molar-refractivity contribution in [3.8, 4) is 0 Å². The highest BCUT2D eigenvalue weighted by Gasteiger charge is 2.51. The van der Waals surface area contributed by atoms with E-state index < -0.39 is 75.7 Å². The average molecular weight is 945 g/mol. The number of carbonyl (C=O) groups excluding carboxylic acids is 2. The van der Waals surface area contributed by atoms with Crippen LogP contribution in [0.3, 0.4) is 0 Å². The first-order valence-electron chi connectivity index (χ1n) is 25.8. The molecule has 0 aromatic carbocycles. The molecule has 6 N–H and O–H groups in total. The molecule has 1 aliphatic carbocycles. The van der Waals surface area contributed by atoms with E-state index in [2.05, 4.69) is 38.2 Å². The molecular weight excluding hydrogens is 852 g/mol. The minimum absolute atomic E-state index is 0.0335. The molecule has 0 heterocycles. The Morgan fingerprint density at radius 1 is 0.477 bits per heavy atom. The van der Waals surface area contributed by atoms with Gasteiger partial charge in [0.1, 0.15) is 43.2 Å². The monoisotopic (exact) mass is 945 g/mol. The van der Waals surface area contributed by atoms with Crippen LogP contribution in [0.5, 0.6) is 0 Å². The Bertz CT molecular complexity index is 1280. The van der Waals surface area contributed by atoms with Gasteiger partial charge in [0.25, 0.3) is 0 Å². The van der Waals surface area contributed by atoms with Crippen molar-refractivity contribution in [3.05, 3.63) is 36.5 Å². The lowest BCUT2D eigenvalue weighted by molar-refractivity contribution is -0.220. The minimum atomic E-state index is -5.13. The molecule has 380 valence electrons. The predicted octanol–water partition coefficient (Wildman–Crippen LogP) is 11.0. The SMILES string of the molecule is CCCCCCCC/C=C/CCCCCCCCCCCC(=O)OC[C@@H](COP(=O)(O)OC1C(O)C(O)C(O)[C@H](O)C1O)OC(=O)CCC/C=C/C/C=C/CCCCCCCCCCC. The van der Waals surface area contributed by atoms with Gasteiger partial charge in [-0.25, -0.2) is 4.57 Å². The van der Waals surface area contributed by atoms with Gasteiger partial charge in [-0.3, -0.25) is 18.6 Å². The maximum atomic E-state index is 12.8. The van der Waals surface area contributed by atoms with Crippen LogP contribution >= 0.6 is 7.82 Å². The second-order valence-electron chi connectivity index (χ2n) is 18.0. The molecule has 65 heavy (non-hydrogen) atoms. The topological polar surface area (TPSA) is 210 Å². The van der Waals surface area contributed by atoms with Crippen LogP contribution in [0.15, 0.2) is 36.5 Å². The van der Waals surface area contributed by atoms with Crippen molar-refractivity contribution < 1.29 is 63.1 Å². The number of aliphatic hydroxyl groups excluding tert-OH is 5. The first-order valence-corrected chi connectivity index (χ1v) is 27.3. The van der Waals surface area contributed by atoms with Crippen LogP contribution in [0.25, 0.3) is 0 Å². The molecular formula is C51H93O13P. The number of esters is 2. The van der Waals surface area contributed by atoms with Crippen molar-refractivity contribution in [2.45, 2.75) is 262 Å². The molecule has 0 aromatic heterocycles. The average Bonchev–Trinajstić information content (AvgIpc) is 3.29. The summed E-state index contributed by atoms with van der Waals surface area (Å²) in [5, 5.41) is 50.2. The van der Waals surface area contributed by atoms with Gasteiger partial charge in [-0.1, -0.05) is 179 Å². The van der Waals surface area contributed by atoms with Crippen LogP contribution < -0.4 is 0 Å². The van der Waals surface area contributed by atoms with E-state index in [0.717, 1.165) is 38.5 Å². The lowest BCUT2D eigenvalue weighted by atomic mass is 9.85. The van der Waals surface area contributed by atoms with Gasteiger partial charge < -0.3 is 39.9 Å². The lowest BCUT2D eigenvalue weighted by Gasteiger charge is -2.41. The van der Waals surface area contributed by atoms with Gasteiger partial charge in [0.2, 0.25) is 0 Å². The first-order chi connectivity index (χ1) is 31.4. The van der Waals surface area contributed by atoms with Crippen LogP contribution in [-0.2, 0) is 32.7 Å². The van der Waals surface area contributed by atoms with E-state index >= 15 is 0 Å². The van der Waals surface area contributed by atoms with Crippen molar-refractivity contribution in [2.75, 3.05) is 13.2 Å². The smallest absolute Gasteiger partial charge is 0.462 e. The van der Waals surface area contributed by atoms with Crippen molar-refractivity contribution in [2.24, 2.45) is 0 Å². The van der Waals surface area contributed by atoms with Gasteiger partial charge in [0.15, 0.2) is 6.10 Å². The summed E-state index contributed by atoms with van der Waals surface area (Å²) in [4.78, 5) is 35.8. The lowest BCUT2D eigenvalue weighted by Crippen LogP contribution is -2.64. The van der Waals surface area contributed by atoms with E-state index in [9.17, 15) is 44.6 Å². The maximum absolute atomic E-state index is 12.8. The number of hydrogen-bond donors (Lipinski definition) is 6. The summed E-state index contributed by atoms with van der Waals surface area (Å²) in [6.45, 7) is 3.28. The predicted molar refractivity (Wildman–Crippen MR) is 258 cm³/mol. The number of hydrogen-bond acceptors (Lipinski definition) is 12. The van der Waals surface area contributed by atoms with Gasteiger partial charge in [-0.15, -0.1) is 0 Å². The first kappa shape index (κ1) is 61.1. The summed E-state index contributed by atoms with van der Waals surface area (Å²) in [5.41, 5.74) is 0.